The number of hydrogen-bond acceptors (Lipinski definition) is 18. The highest BCUT2D eigenvalue weighted by molar-refractivity contribution is 5.99. The Kier molecular flexibility index (Phi) is 29.8. The molecule has 27 nitrogen and oxygen atoms in total. The summed E-state index contributed by atoms with van der Waals surface area (Å²) in [5, 5.41) is 26.7. The van der Waals surface area contributed by atoms with E-state index >= 15 is 0 Å². The van der Waals surface area contributed by atoms with E-state index in [1.54, 1.807) is 30.9 Å². The number of carbonyl (C=O) groups excluding carboxylic acids is 9. The van der Waals surface area contributed by atoms with E-state index in [0.29, 0.717) is 23.5 Å². The Hall–Kier alpha value is -9.49. The number of fused-ring (bicyclic) bond motifs is 2. The summed E-state index contributed by atoms with van der Waals surface area (Å²) in [4.78, 5) is 128. The van der Waals surface area contributed by atoms with Gasteiger partial charge in [0.25, 0.3) is 5.69 Å². The fraction of sp³-hybridized carbons (Fsp3) is 0.426. The predicted octanol–water partition coefficient (Wildman–Crippen LogP) is 4.06. The van der Waals surface area contributed by atoms with Crippen LogP contribution in [0.25, 0.3) is 0 Å². The van der Waals surface area contributed by atoms with Gasteiger partial charge in [0.15, 0.2) is 0 Å². The molecule has 0 unspecified atom stereocenters. The number of urea groups is 1. The first kappa shape index (κ1) is 69.3. The van der Waals surface area contributed by atoms with Crippen molar-refractivity contribution in [2.45, 2.75) is 90.1 Å². The van der Waals surface area contributed by atoms with Crippen LogP contribution in [0.15, 0.2) is 97.1 Å². The maximum Gasteiger partial charge on any atom is 0.514 e. The Morgan fingerprint density at radius 2 is 1.26 bits per heavy atom. The molecule has 8 N–H and O–H groups in total. The molecule has 5 rings (SSSR count). The number of nitro benzene ring substituents is 1. The van der Waals surface area contributed by atoms with Gasteiger partial charge in [-0.25, -0.2) is 9.59 Å². The number of esters is 1. The second kappa shape index (κ2) is 37.8. The second-order valence-corrected chi connectivity index (χ2v) is 20.0. The molecule has 8 amide bonds. The fourth-order valence-electron chi connectivity index (χ4n) is 8.39. The van der Waals surface area contributed by atoms with E-state index in [-0.39, 0.29) is 141 Å². The Morgan fingerprint density at radius 1 is 0.636 bits per heavy atom. The summed E-state index contributed by atoms with van der Waals surface area (Å²) in [5.74, 6) is 1.97. The third kappa shape index (κ3) is 25.2. The summed E-state index contributed by atoms with van der Waals surface area (Å²) >= 11 is 0. The number of methoxy groups -OCH3 is 1. The SMILES string of the molecule is COC(=O)CC[C@H](NC(=O)CCOCCOCCOCCOCCNC(=O)CCC(=O)N1Cc2ccccc2C#Cc2ccccc21)C(=O)N[C@H](C(=O)N[C@@H](CCCNC(N)=O)C(=O)Nc1ccc(COC(=O)Oc2ccc([N+](=O)[O-])cc2)cc1)C(C)C. The third-order valence-corrected chi connectivity index (χ3v) is 13.1. The molecule has 0 bridgehead atoms. The lowest BCUT2D eigenvalue weighted by Gasteiger charge is -2.27. The standard InChI is InChI=1S/C61H75N9O18/c1-41(2)56(59(77)67-49(12-8-29-64-60(62)78)57(75)65-46-18-14-42(15-19-46)40-87-61(79)88-48-22-20-47(21-23-48)70(80)81)68-58(76)50(24-27-55(74)82-3)66-53(72)28-31-83-33-35-85-37-38-86-36-34-84-32-30-63-52(71)25-26-54(73)69-39-45-11-5-4-9-43(45)16-17-44-10-6-7-13-51(44)69/h4-7,9-11,13-15,18-23,41,49-50,56H,8,12,24-40H2,1-3H3,(H,63,71)(H,65,75)(H,66,72)(H,67,77)(H,68,76)(H3,62,64,78)/t49-,50-,56-/m0/s1. The molecule has 88 heavy (non-hydrogen) atoms. The number of nitrogens with zero attached hydrogens (tertiary/aromatic N) is 2. The average Bonchev–Trinajstić information content (AvgIpc) is 3.49. The van der Waals surface area contributed by atoms with E-state index in [4.69, 9.17) is 38.9 Å². The number of carbonyl (C=O) groups is 9. The van der Waals surface area contributed by atoms with Crippen molar-refractivity contribution in [1.29, 1.82) is 0 Å². The van der Waals surface area contributed by atoms with Crippen LogP contribution in [0.1, 0.15) is 81.0 Å². The lowest BCUT2D eigenvalue weighted by Crippen LogP contribution is -2.58. The van der Waals surface area contributed by atoms with Gasteiger partial charge in [-0.15, -0.1) is 0 Å². The number of anilines is 2. The number of nitro groups is 1. The van der Waals surface area contributed by atoms with Gasteiger partial charge in [-0.05, 0) is 78.8 Å². The first-order valence-corrected chi connectivity index (χ1v) is 28.5. The molecule has 472 valence electrons. The molecule has 0 fully saturated rings. The summed E-state index contributed by atoms with van der Waals surface area (Å²) < 4.78 is 37.1. The zero-order chi connectivity index (χ0) is 63.6. The van der Waals surface area contributed by atoms with E-state index in [1.807, 2.05) is 48.5 Å². The van der Waals surface area contributed by atoms with Crippen molar-refractivity contribution < 1.29 is 81.2 Å². The quantitative estimate of drug-likeness (QED) is 0.00836. The predicted molar refractivity (Wildman–Crippen MR) is 318 cm³/mol. The van der Waals surface area contributed by atoms with Crippen molar-refractivity contribution >= 4 is 70.7 Å². The summed E-state index contributed by atoms with van der Waals surface area (Å²) in [7, 11) is 1.17. The van der Waals surface area contributed by atoms with Crippen molar-refractivity contribution in [3.05, 3.63) is 129 Å². The minimum atomic E-state index is -1.28. The molecular weight excluding hydrogens is 1150 g/mol. The zero-order valence-electron chi connectivity index (χ0n) is 49.3. The molecule has 0 aliphatic carbocycles. The van der Waals surface area contributed by atoms with Gasteiger partial charge in [0, 0.05) is 67.7 Å². The van der Waals surface area contributed by atoms with E-state index in [0.717, 1.165) is 16.7 Å². The smallest absolute Gasteiger partial charge is 0.469 e. The average molecular weight is 1220 g/mol. The first-order valence-electron chi connectivity index (χ1n) is 28.5. The number of rotatable bonds is 37. The van der Waals surface area contributed by atoms with Crippen LogP contribution in [0.5, 0.6) is 5.75 Å². The molecule has 0 aromatic heterocycles. The molecule has 0 saturated heterocycles. The van der Waals surface area contributed by atoms with Crippen molar-refractivity contribution in [3.8, 4) is 17.6 Å². The summed E-state index contributed by atoms with van der Waals surface area (Å²) in [6.45, 7) is 5.38. The van der Waals surface area contributed by atoms with E-state index in [2.05, 4.69) is 43.7 Å². The van der Waals surface area contributed by atoms with Crippen molar-refractivity contribution in [3.63, 3.8) is 0 Å². The van der Waals surface area contributed by atoms with Crippen molar-refractivity contribution in [2.24, 2.45) is 11.7 Å². The lowest BCUT2D eigenvalue weighted by molar-refractivity contribution is -0.384. The van der Waals surface area contributed by atoms with Crippen LogP contribution in [0.3, 0.4) is 0 Å². The number of para-hydroxylation sites is 1. The fourth-order valence-corrected chi connectivity index (χ4v) is 8.39. The maximum absolute atomic E-state index is 13.9. The van der Waals surface area contributed by atoms with Crippen molar-refractivity contribution in [1.82, 2.24) is 26.6 Å². The molecule has 27 heteroatoms. The van der Waals surface area contributed by atoms with Gasteiger partial charge >= 0.3 is 18.2 Å². The number of ether oxygens (including phenoxy) is 7. The number of amides is 8. The van der Waals surface area contributed by atoms with Gasteiger partial charge in [-0.2, -0.15) is 0 Å². The summed E-state index contributed by atoms with van der Waals surface area (Å²) in [6, 6.07) is 21.6. The largest absolute Gasteiger partial charge is 0.514 e. The Balaban J connectivity index is 0.962. The van der Waals surface area contributed by atoms with Crippen molar-refractivity contribution in [2.75, 3.05) is 83.3 Å². The number of primary amides is 1. The number of hydrogen-bond donors (Lipinski definition) is 7. The van der Waals surface area contributed by atoms with Crippen LogP contribution in [0.4, 0.5) is 26.7 Å². The Bertz CT molecular complexity index is 3060. The van der Waals surface area contributed by atoms with Gasteiger partial charge in [-0.1, -0.05) is 68.2 Å². The van der Waals surface area contributed by atoms with Crippen LogP contribution in [-0.2, 0) is 75.1 Å². The van der Waals surface area contributed by atoms with Crippen LogP contribution in [0.2, 0.25) is 0 Å². The van der Waals surface area contributed by atoms with Crippen LogP contribution >= 0.6 is 0 Å². The maximum atomic E-state index is 13.9. The Morgan fingerprint density at radius 3 is 1.92 bits per heavy atom. The van der Waals surface area contributed by atoms with E-state index in [1.165, 1.54) is 43.5 Å². The van der Waals surface area contributed by atoms with Gasteiger partial charge < -0.3 is 75.7 Å². The molecule has 4 aromatic carbocycles. The number of benzene rings is 4. The highest BCUT2D eigenvalue weighted by atomic mass is 16.7. The number of nitrogens with one attached hydrogen (secondary N) is 6. The van der Waals surface area contributed by atoms with Gasteiger partial charge in [-0.3, -0.25) is 43.7 Å². The summed E-state index contributed by atoms with van der Waals surface area (Å²) in [5.41, 5.74) is 9.05. The molecule has 0 radical (unpaired) electrons. The van der Waals surface area contributed by atoms with Crippen LogP contribution in [0, 0.1) is 27.9 Å². The van der Waals surface area contributed by atoms with E-state index < -0.39 is 70.8 Å². The molecule has 1 heterocycles. The molecular formula is C61H75N9O18. The molecule has 1 aliphatic heterocycles. The second-order valence-electron chi connectivity index (χ2n) is 20.0. The van der Waals surface area contributed by atoms with Gasteiger partial charge in [0.2, 0.25) is 35.4 Å². The highest BCUT2D eigenvalue weighted by Gasteiger charge is 2.32. The first-order chi connectivity index (χ1) is 42.4. The van der Waals surface area contributed by atoms with Gasteiger partial charge in [0.05, 0.1) is 77.1 Å². The summed E-state index contributed by atoms with van der Waals surface area (Å²) in [6.07, 6.45) is -1.41. The highest BCUT2D eigenvalue weighted by Crippen LogP contribution is 2.26. The molecule has 1 aliphatic rings. The number of non-ortho nitro benzene ring substituents is 1. The number of nitrogens with two attached hydrogens (primary N) is 1. The molecule has 0 saturated carbocycles. The minimum absolute atomic E-state index is 0.0151. The normalized spacial score (nSPS) is 12.3. The van der Waals surface area contributed by atoms with E-state index in [9.17, 15) is 53.3 Å². The Labute approximate surface area is 508 Å². The topological polar surface area (TPSA) is 363 Å². The van der Waals surface area contributed by atoms with Gasteiger partial charge in [0.1, 0.15) is 30.5 Å². The van der Waals surface area contributed by atoms with Crippen LogP contribution < -0.4 is 47.3 Å². The molecule has 0 spiro atoms. The minimum Gasteiger partial charge on any atom is -0.469 e. The zero-order valence-corrected chi connectivity index (χ0v) is 49.3. The molecule has 3 atom stereocenters. The lowest BCUT2D eigenvalue weighted by atomic mass is 10.0. The monoisotopic (exact) mass is 1220 g/mol. The van der Waals surface area contributed by atoms with Crippen LogP contribution in [-0.4, -0.2) is 150 Å². The third-order valence-electron chi connectivity index (χ3n) is 13.1. The molecule has 4 aromatic rings.